The number of nitrogen functional groups attached to an aromatic ring is 1. The molecule has 0 atom stereocenters. The highest BCUT2D eigenvalue weighted by Crippen LogP contribution is 2.32. The number of benzene rings is 4. The van der Waals surface area contributed by atoms with Crippen molar-refractivity contribution >= 4 is 39.8 Å². The number of amides is 1. The topological polar surface area (TPSA) is 74.2 Å². The summed E-state index contributed by atoms with van der Waals surface area (Å²) in [6.45, 7) is 0.785. The third-order valence-electron chi connectivity index (χ3n) is 6.52. The van der Waals surface area contributed by atoms with Crippen LogP contribution in [0.4, 0.5) is 11.4 Å². The van der Waals surface area contributed by atoms with E-state index in [0.717, 1.165) is 17.7 Å². The third-order valence-corrected chi connectivity index (χ3v) is 6.81. The van der Waals surface area contributed by atoms with Gasteiger partial charge in [-0.3, -0.25) is 4.79 Å². The predicted molar refractivity (Wildman–Crippen MR) is 157 cm³/mol. The Labute approximate surface area is 230 Å². The maximum absolute atomic E-state index is 13.0. The molecule has 7 heteroatoms. The van der Waals surface area contributed by atoms with Gasteiger partial charge in [-0.25, -0.2) is 0 Å². The molecule has 1 amide bonds. The van der Waals surface area contributed by atoms with E-state index in [4.69, 9.17) is 22.1 Å². The number of ether oxygens (including phenoxy) is 1. The fraction of sp³-hybridized carbons (Fsp3) is 0.0312. The van der Waals surface area contributed by atoms with Gasteiger partial charge < -0.3 is 24.9 Å². The molecule has 0 fully saturated rings. The quantitative estimate of drug-likeness (QED) is 0.206. The highest BCUT2D eigenvalue weighted by atomic mass is 35.5. The van der Waals surface area contributed by atoms with Crippen LogP contribution in [0.25, 0.3) is 16.6 Å². The predicted octanol–water partition coefficient (Wildman–Crippen LogP) is 7.76. The van der Waals surface area contributed by atoms with Crippen molar-refractivity contribution in [2.75, 3.05) is 11.1 Å². The Morgan fingerprint density at radius 1 is 0.872 bits per heavy atom. The van der Waals surface area contributed by atoms with Crippen LogP contribution in [0.5, 0.6) is 11.5 Å². The van der Waals surface area contributed by atoms with E-state index in [0.29, 0.717) is 33.5 Å². The van der Waals surface area contributed by atoms with Gasteiger partial charge in [-0.15, -0.1) is 0 Å². The number of halogens is 1. The monoisotopic (exact) mass is 532 g/mol. The fourth-order valence-corrected chi connectivity index (χ4v) is 4.78. The van der Waals surface area contributed by atoms with Gasteiger partial charge in [0.25, 0.3) is 5.91 Å². The molecule has 6 rings (SSSR count). The number of nitrogens with one attached hydrogen (secondary N) is 1. The zero-order valence-electron chi connectivity index (χ0n) is 20.9. The highest BCUT2D eigenvalue weighted by molar-refractivity contribution is 6.32. The summed E-state index contributed by atoms with van der Waals surface area (Å²) in [5, 5.41) is 4.50. The number of rotatable bonds is 7. The second-order valence-electron chi connectivity index (χ2n) is 9.21. The average molecular weight is 533 g/mol. The lowest BCUT2D eigenvalue weighted by molar-refractivity contribution is 0.102. The van der Waals surface area contributed by atoms with Crippen molar-refractivity contribution in [3.63, 3.8) is 0 Å². The summed E-state index contributed by atoms with van der Waals surface area (Å²) in [4.78, 5) is 13.0. The molecule has 6 nitrogen and oxygen atoms in total. The molecule has 3 N–H and O–H groups in total. The molecule has 2 aromatic heterocycles. The van der Waals surface area contributed by atoms with Crippen LogP contribution in [-0.2, 0) is 6.54 Å². The van der Waals surface area contributed by atoms with Crippen LogP contribution in [0.1, 0.15) is 15.9 Å². The first-order valence-electron chi connectivity index (χ1n) is 12.5. The molecule has 0 radical (unpaired) electrons. The fourth-order valence-electron chi connectivity index (χ4n) is 4.56. The van der Waals surface area contributed by atoms with E-state index in [1.54, 1.807) is 42.5 Å². The molecule has 0 saturated heterocycles. The third kappa shape index (κ3) is 5.23. The molecule has 192 valence electrons. The number of carbonyl (C=O) groups is 1. The van der Waals surface area contributed by atoms with Gasteiger partial charge in [-0.05, 0) is 90.5 Å². The van der Waals surface area contributed by atoms with E-state index in [1.807, 2.05) is 42.5 Å². The van der Waals surface area contributed by atoms with Crippen molar-refractivity contribution < 1.29 is 9.53 Å². The molecule has 0 aliphatic carbocycles. The molecular weight excluding hydrogens is 508 g/mol. The average Bonchev–Trinajstić information content (AvgIpc) is 3.60. The van der Waals surface area contributed by atoms with E-state index in [-0.39, 0.29) is 5.91 Å². The Kier molecular flexibility index (Phi) is 6.53. The van der Waals surface area contributed by atoms with Gasteiger partial charge in [0, 0.05) is 53.1 Å². The first-order chi connectivity index (χ1) is 19.0. The number of hydrogen-bond donors (Lipinski definition) is 2. The first kappa shape index (κ1) is 24.4. The molecule has 2 heterocycles. The number of para-hydroxylation sites is 1. The van der Waals surface area contributed by atoms with Crippen molar-refractivity contribution in [2.45, 2.75) is 6.54 Å². The number of fused-ring (bicyclic) bond motifs is 1. The van der Waals surface area contributed by atoms with E-state index in [2.05, 4.69) is 51.2 Å². The van der Waals surface area contributed by atoms with E-state index < -0.39 is 0 Å². The lowest BCUT2D eigenvalue weighted by atomic mass is 10.1. The summed E-state index contributed by atoms with van der Waals surface area (Å²) in [5.41, 5.74) is 10.8. The van der Waals surface area contributed by atoms with Crippen molar-refractivity contribution in [3.05, 3.63) is 138 Å². The lowest BCUT2D eigenvalue weighted by Gasteiger charge is -2.11. The summed E-state index contributed by atoms with van der Waals surface area (Å²) in [5.74, 6) is 0.879. The minimum Gasteiger partial charge on any atom is -0.456 e. The highest BCUT2D eigenvalue weighted by Gasteiger charge is 2.12. The minimum atomic E-state index is -0.226. The maximum atomic E-state index is 13.0. The Hall–Kier alpha value is -4.94. The lowest BCUT2D eigenvalue weighted by Crippen LogP contribution is -2.12. The zero-order chi connectivity index (χ0) is 26.8. The number of anilines is 2. The Balaban J connectivity index is 1.18. The zero-order valence-corrected chi connectivity index (χ0v) is 21.7. The molecular formula is C32H25ClN4O2. The van der Waals surface area contributed by atoms with Crippen molar-refractivity contribution in [3.8, 4) is 17.2 Å². The molecule has 0 spiro atoms. The molecule has 0 saturated carbocycles. The van der Waals surface area contributed by atoms with Gasteiger partial charge in [-0.2, -0.15) is 0 Å². The Morgan fingerprint density at radius 2 is 1.62 bits per heavy atom. The summed E-state index contributed by atoms with van der Waals surface area (Å²) >= 11 is 6.42. The van der Waals surface area contributed by atoms with Crippen LogP contribution in [0.2, 0.25) is 5.02 Å². The largest absolute Gasteiger partial charge is 0.456 e. The number of nitrogens with two attached hydrogens (primary N) is 1. The maximum Gasteiger partial charge on any atom is 0.255 e. The molecule has 4 aromatic carbocycles. The van der Waals surface area contributed by atoms with E-state index in [1.165, 1.54) is 10.9 Å². The molecule has 0 aliphatic rings. The summed E-state index contributed by atoms with van der Waals surface area (Å²) in [6.07, 6.45) is 6.29. The van der Waals surface area contributed by atoms with Crippen molar-refractivity contribution in [1.82, 2.24) is 9.13 Å². The van der Waals surface area contributed by atoms with E-state index >= 15 is 0 Å². The second-order valence-corrected chi connectivity index (χ2v) is 9.62. The number of nitrogens with zero attached hydrogens (tertiary/aromatic N) is 2. The minimum absolute atomic E-state index is 0.226. The first-order valence-corrected chi connectivity index (χ1v) is 12.9. The molecule has 0 bridgehead atoms. The van der Waals surface area contributed by atoms with Gasteiger partial charge in [0.2, 0.25) is 0 Å². The summed E-state index contributed by atoms with van der Waals surface area (Å²) < 4.78 is 10.1. The standard InChI is InChI=1S/C32H25ClN4O2/c33-29-19-25(11-16-31(29)39-27-14-9-24(34)10-15-27)35-32(38)22-7-12-26(13-8-22)37-21-23(20-36-17-3-4-18-36)28-5-1-2-6-30(28)37/h1-19,21H,20,34H2,(H,35,38). The SMILES string of the molecule is Nc1ccc(Oc2ccc(NC(=O)c3ccc(-n4cc(Cn5cccc5)c5ccccc54)cc3)cc2Cl)cc1. The summed E-state index contributed by atoms with van der Waals surface area (Å²) in [7, 11) is 0. The number of hydrogen-bond acceptors (Lipinski definition) is 3. The van der Waals surface area contributed by atoms with Crippen LogP contribution >= 0.6 is 11.6 Å². The van der Waals surface area contributed by atoms with Crippen LogP contribution < -0.4 is 15.8 Å². The van der Waals surface area contributed by atoms with E-state index in [9.17, 15) is 4.79 Å². The second kappa shape index (κ2) is 10.4. The molecule has 0 unspecified atom stereocenters. The van der Waals surface area contributed by atoms with Crippen LogP contribution in [0, 0.1) is 0 Å². The molecule has 6 aromatic rings. The molecule has 0 aliphatic heterocycles. The van der Waals surface area contributed by atoms with Crippen LogP contribution in [0.15, 0.2) is 122 Å². The molecule has 39 heavy (non-hydrogen) atoms. The van der Waals surface area contributed by atoms with Crippen LogP contribution in [0.3, 0.4) is 0 Å². The van der Waals surface area contributed by atoms with Crippen LogP contribution in [-0.4, -0.2) is 15.0 Å². The van der Waals surface area contributed by atoms with Gasteiger partial charge >= 0.3 is 0 Å². The van der Waals surface area contributed by atoms with Gasteiger partial charge in [0.15, 0.2) is 0 Å². The Morgan fingerprint density at radius 3 is 2.36 bits per heavy atom. The summed E-state index contributed by atoms with van der Waals surface area (Å²) in [6, 6.07) is 32.2. The van der Waals surface area contributed by atoms with Crippen molar-refractivity contribution in [2.24, 2.45) is 0 Å². The smallest absolute Gasteiger partial charge is 0.255 e. The Bertz CT molecular complexity index is 1760. The number of carbonyl (C=O) groups excluding carboxylic acids is 1. The van der Waals surface area contributed by atoms with Gasteiger partial charge in [0.05, 0.1) is 10.5 Å². The van der Waals surface area contributed by atoms with Crippen molar-refractivity contribution in [1.29, 1.82) is 0 Å². The van der Waals surface area contributed by atoms with Gasteiger partial charge in [0.1, 0.15) is 11.5 Å². The number of aromatic nitrogens is 2. The van der Waals surface area contributed by atoms with Gasteiger partial charge in [-0.1, -0.05) is 29.8 Å². The normalized spacial score (nSPS) is 11.0.